The number of halogens is 4. The number of hydrogen-bond acceptors (Lipinski definition) is 4. The number of rotatable bonds is 14. The fraction of sp³-hybridized carbons (Fsp3) is 1.00. The highest BCUT2D eigenvalue weighted by Gasteiger charge is 1.91. The molecule has 0 aromatic heterocycles. The van der Waals surface area contributed by atoms with Gasteiger partial charge in [0, 0.05) is 0 Å². The lowest BCUT2D eigenvalue weighted by molar-refractivity contribution is 0.550. The summed E-state index contributed by atoms with van der Waals surface area (Å²) in [7, 11) is 0. The SMILES string of the molecule is Cl.Cl.Cl.Cl.NCCCNCCCCCCCNCCCN. The van der Waals surface area contributed by atoms with Crippen LogP contribution < -0.4 is 22.1 Å². The summed E-state index contributed by atoms with van der Waals surface area (Å²) in [6.07, 6.45) is 8.83. The highest BCUT2D eigenvalue weighted by Crippen LogP contribution is 2.01. The average Bonchev–Trinajstić information content (AvgIpc) is 2.35. The highest BCUT2D eigenvalue weighted by molar-refractivity contribution is 5.86. The van der Waals surface area contributed by atoms with Crippen molar-refractivity contribution >= 4 is 49.6 Å². The Morgan fingerprint density at radius 1 is 0.429 bits per heavy atom. The van der Waals surface area contributed by atoms with E-state index in [9.17, 15) is 0 Å². The molecule has 0 saturated heterocycles. The fourth-order valence-electron chi connectivity index (χ4n) is 1.73. The molecule has 0 aromatic carbocycles. The third-order valence-corrected chi connectivity index (χ3v) is 2.82. The summed E-state index contributed by atoms with van der Waals surface area (Å²) >= 11 is 0. The van der Waals surface area contributed by atoms with E-state index in [0.717, 1.165) is 52.1 Å². The standard InChI is InChI=1S/C13H32N4.4ClH/c14-8-6-12-16-10-4-2-1-3-5-11-17-13-7-9-15;;;;/h16-17H,1-15H2;4*1H. The molecule has 4 nitrogen and oxygen atoms in total. The van der Waals surface area contributed by atoms with Crippen molar-refractivity contribution < 1.29 is 0 Å². The Kier molecular flexibility index (Phi) is 52.5. The molecule has 0 unspecified atom stereocenters. The second kappa shape index (κ2) is 32.8. The van der Waals surface area contributed by atoms with Crippen molar-refractivity contribution in [2.75, 3.05) is 39.3 Å². The van der Waals surface area contributed by atoms with Crippen LogP contribution in [-0.2, 0) is 0 Å². The first-order chi connectivity index (χ1) is 8.41. The minimum absolute atomic E-state index is 0. The number of nitrogens with two attached hydrogens (primary N) is 2. The van der Waals surface area contributed by atoms with E-state index in [-0.39, 0.29) is 49.6 Å². The number of unbranched alkanes of at least 4 members (excludes halogenated alkanes) is 4. The Balaban J connectivity index is -0.000000213. The zero-order chi connectivity index (χ0) is 12.6. The van der Waals surface area contributed by atoms with E-state index in [2.05, 4.69) is 10.6 Å². The van der Waals surface area contributed by atoms with Gasteiger partial charge in [-0.1, -0.05) is 19.3 Å². The minimum atomic E-state index is 0. The van der Waals surface area contributed by atoms with Crippen LogP contribution in [0.25, 0.3) is 0 Å². The molecule has 0 atom stereocenters. The molecule has 0 heterocycles. The second-order valence-electron chi connectivity index (χ2n) is 4.55. The molecule has 0 aliphatic heterocycles. The van der Waals surface area contributed by atoms with Crippen molar-refractivity contribution in [1.82, 2.24) is 10.6 Å². The topological polar surface area (TPSA) is 76.1 Å². The molecule has 0 radical (unpaired) electrons. The van der Waals surface area contributed by atoms with E-state index in [0.29, 0.717) is 0 Å². The summed E-state index contributed by atoms with van der Waals surface area (Å²) in [6, 6.07) is 0. The van der Waals surface area contributed by atoms with Gasteiger partial charge in [-0.25, -0.2) is 0 Å². The quantitative estimate of drug-likeness (QED) is 0.344. The number of nitrogens with one attached hydrogen (secondary N) is 2. The maximum atomic E-state index is 5.41. The summed E-state index contributed by atoms with van der Waals surface area (Å²) in [4.78, 5) is 0. The predicted octanol–water partition coefficient (Wildman–Crippen LogP) is 2.50. The molecule has 136 valence electrons. The maximum Gasteiger partial charge on any atom is -0.00369 e. The normalized spacial score (nSPS) is 8.86. The van der Waals surface area contributed by atoms with Gasteiger partial charge in [0.05, 0.1) is 0 Å². The highest BCUT2D eigenvalue weighted by atomic mass is 35.5. The van der Waals surface area contributed by atoms with Gasteiger partial charge in [0.1, 0.15) is 0 Å². The van der Waals surface area contributed by atoms with E-state index in [1.807, 2.05) is 0 Å². The molecule has 21 heavy (non-hydrogen) atoms. The summed E-state index contributed by atoms with van der Waals surface area (Å²) < 4.78 is 0. The first-order valence-corrected chi connectivity index (χ1v) is 7.23. The van der Waals surface area contributed by atoms with Crippen molar-refractivity contribution in [2.45, 2.75) is 44.9 Å². The third-order valence-electron chi connectivity index (χ3n) is 2.82. The van der Waals surface area contributed by atoms with E-state index >= 15 is 0 Å². The van der Waals surface area contributed by atoms with Crippen molar-refractivity contribution in [1.29, 1.82) is 0 Å². The molecule has 0 rings (SSSR count). The zero-order valence-electron chi connectivity index (χ0n) is 13.0. The van der Waals surface area contributed by atoms with Crippen LogP contribution in [0.5, 0.6) is 0 Å². The summed E-state index contributed by atoms with van der Waals surface area (Å²) in [5.41, 5.74) is 10.8. The molecule has 0 saturated carbocycles. The summed E-state index contributed by atoms with van der Waals surface area (Å²) in [5.74, 6) is 0. The second-order valence-corrected chi connectivity index (χ2v) is 4.55. The van der Waals surface area contributed by atoms with Crippen LogP contribution in [0.2, 0.25) is 0 Å². The van der Waals surface area contributed by atoms with Gasteiger partial charge < -0.3 is 22.1 Å². The molecular weight excluding hydrogens is 354 g/mol. The molecule has 0 amide bonds. The molecule has 0 fully saturated rings. The van der Waals surface area contributed by atoms with Crippen molar-refractivity contribution in [2.24, 2.45) is 11.5 Å². The van der Waals surface area contributed by atoms with Crippen LogP contribution in [0, 0.1) is 0 Å². The van der Waals surface area contributed by atoms with Gasteiger partial charge in [-0.2, -0.15) is 0 Å². The summed E-state index contributed by atoms with van der Waals surface area (Å²) in [5, 5.41) is 6.81. The Morgan fingerprint density at radius 2 is 0.714 bits per heavy atom. The van der Waals surface area contributed by atoms with Crippen molar-refractivity contribution in [3.8, 4) is 0 Å². The lowest BCUT2D eigenvalue weighted by Gasteiger charge is -2.05. The van der Waals surface area contributed by atoms with Gasteiger partial charge in [-0.3, -0.25) is 0 Å². The monoisotopic (exact) mass is 388 g/mol. The van der Waals surface area contributed by atoms with E-state index in [1.54, 1.807) is 0 Å². The van der Waals surface area contributed by atoms with Crippen LogP contribution in [0.4, 0.5) is 0 Å². The molecule has 0 aliphatic rings. The molecule has 0 aromatic rings. The van der Waals surface area contributed by atoms with Crippen LogP contribution in [0.1, 0.15) is 44.9 Å². The van der Waals surface area contributed by atoms with Crippen LogP contribution >= 0.6 is 49.6 Å². The largest absolute Gasteiger partial charge is 0.330 e. The predicted molar refractivity (Wildman–Crippen MR) is 105 cm³/mol. The van der Waals surface area contributed by atoms with Gasteiger partial charge in [0.2, 0.25) is 0 Å². The zero-order valence-corrected chi connectivity index (χ0v) is 16.2. The summed E-state index contributed by atoms with van der Waals surface area (Å²) in [6.45, 7) is 6.03. The first-order valence-electron chi connectivity index (χ1n) is 7.23. The molecule has 0 spiro atoms. The maximum absolute atomic E-state index is 5.41. The van der Waals surface area contributed by atoms with Gasteiger partial charge >= 0.3 is 0 Å². The molecule has 6 N–H and O–H groups in total. The Morgan fingerprint density at radius 3 is 1.05 bits per heavy atom. The number of hydrogen-bond donors (Lipinski definition) is 4. The van der Waals surface area contributed by atoms with Crippen LogP contribution in [0.15, 0.2) is 0 Å². The molecule has 0 aliphatic carbocycles. The molecule has 8 heteroatoms. The Hall–Kier alpha value is 1.000. The lowest BCUT2D eigenvalue weighted by atomic mass is 10.1. The van der Waals surface area contributed by atoms with Crippen molar-refractivity contribution in [3.63, 3.8) is 0 Å². The van der Waals surface area contributed by atoms with E-state index < -0.39 is 0 Å². The van der Waals surface area contributed by atoms with Gasteiger partial charge in [0.25, 0.3) is 0 Å². The molecule has 0 bridgehead atoms. The molecular formula is C13H36Cl4N4. The van der Waals surface area contributed by atoms with E-state index in [1.165, 1.54) is 32.1 Å². The average molecular weight is 390 g/mol. The van der Waals surface area contributed by atoms with Gasteiger partial charge in [-0.05, 0) is 65.0 Å². The van der Waals surface area contributed by atoms with E-state index in [4.69, 9.17) is 11.5 Å². The lowest BCUT2D eigenvalue weighted by Crippen LogP contribution is -2.19. The van der Waals surface area contributed by atoms with Crippen molar-refractivity contribution in [3.05, 3.63) is 0 Å². The Labute approximate surface area is 156 Å². The smallest absolute Gasteiger partial charge is 0.00369 e. The van der Waals surface area contributed by atoms with Crippen LogP contribution in [-0.4, -0.2) is 39.3 Å². The third kappa shape index (κ3) is 33.7. The minimum Gasteiger partial charge on any atom is -0.330 e. The Bertz CT molecular complexity index is 131. The van der Waals surface area contributed by atoms with Gasteiger partial charge in [0.15, 0.2) is 0 Å². The van der Waals surface area contributed by atoms with Crippen LogP contribution in [0.3, 0.4) is 0 Å². The first kappa shape index (κ1) is 33.6. The fourth-order valence-corrected chi connectivity index (χ4v) is 1.73. The van der Waals surface area contributed by atoms with Gasteiger partial charge in [-0.15, -0.1) is 49.6 Å².